The van der Waals surface area contributed by atoms with E-state index in [1.807, 2.05) is 47.4 Å². The van der Waals surface area contributed by atoms with Crippen molar-refractivity contribution >= 4 is 18.3 Å². The van der Waals surface area contributed by atoms with Crippen LogP contribution in [0.2, 0.25) is 0 Å². The van der Waals surface area contributed by atoms with Crippen molar-refractivity contribution in [1.29, 1.82) is 0 Å². The van der Waals surface area contributed by atoms with Crippen molar-refractivity contribution in [2.45, 2.75) is 18.4 Å². The molecule has 3 atom stereocenters. The lowest BCUT2D eigenvalue weighted by Crippen LogP contribution is -2.40. The summed E-state index contributed by atoms with van der Waals surface area (Å²) in [5.74, 6) is 1.54. The molecule has 1 amide bonds. The van der Waals surface area contributed by atoms with Crippen molar-refractivity contribution in [2.24, 2.45) is 11.7 Å². The molecule has 0 bridgehead atoms. The molecular formula is C20H23ClN2O2. The molecule has 5 heteroatoms. The maximum absolute atomic E-state index is 12.9. The van der Waals surface area contributed by atoms with E-state index in [1.165, 1.54) is 5.56 Å². The van der Waals surface area contributed by atoms with Gasteiger partial charge < -0.3 is 15.4 Å². The number of carbonyl (C=O) groups is 1. The van der Waals surface area contributed by atoms with Crippen LogP contribution in [0.1, 0.15) is 17.0 Å². The molecule has 2 heterocycles. The molecule has 132 valence electrons. The fourth-order valence-electron chi connectivity index (χ4n) is 3.89. The van der Waals surface area contributed by atoms with Gasteiger partial charge in [-0.05, 0) is 29.7 Å². The van der Waals surface area contributed by atoms with Crippen LogP contribution in [0.25, 0.3) is 0 Å². The first-order valence-corrected chi connectivity index (χ1v) is 8.54. The third-order valence-electron chi connectivity index (χ3n) is 5.21. The van der Waals surface area contributed by atoms with Gasteiger partial charge in [-0.1, -0.05) is 48.5 Å². The lowest BCUT2D eigenvalue weighted by atomic mass is 9.89. The Labute approximate surface area is 154 Å². The molecule has 2 aliphatic rings. The fourth-order valence-corrected chi connectivity index (χ4v) is 3.89. The minimum Gasteiger partial charge on any atom is -0.480 e. The van der Waals surface area contributed by atoms with E-state index >= 15 is 0 Å². The number of benzene rings is 2. The Bertz CT molecular complexity index is 712. The van der Waals surface area contributed by atoms with E-state index in [0.29, 0.717) is 31.3 Å². The van der Waals surface area contributed by atoms with Crippen LogP contribution >= 0.6 is 12.4 Å². The van der Waals surface area contributed by atoms with Crippen molar-refractivity contribution in [1.82, 2.24) is 4.90 Å². The molecule has 1 unspecified atom stereocenters. The lowest BCUT2D eigenvalue weighted by molar-refractivity contribution is -0.137. The van der Waals surface area contributed by atoms with Crippen molar-refractivity contribution in [3.63, 3.8) is 0 Å². The highest BCUT2D eigenvalue weighted by Crippen LogP contribution is 2.34. The number of likely N-dealkylation sites (tertiary alicyclic amines) is 1. The minimum atomic E-state index is -0.393. The van der Waals surface area contributed by atoms with E-state index in [4.69, 9.17) is 10.5 Å². The number of hydrogen-bond donors (Lipinski definition) is 1. The predicted molar refractivity (Wildman–Crippen MR) is 100 cm³/mol. The van der Waals surface area contributed by atoms with Gasteiger partial charge in [-0.2, -0.15) is 0 Å². The standard InChI is InChI=1S/C20H22N2O2.ClH/c21-11-16-12-22(13-17(16)14-6-2-1-3-7-14)20(23)19-10-15-8-4-5-9-18(15)24-19;/h1-9,16-17,19H,10-13,21H2;1H/t16-,17+,19?;/m1./s1. The number of amides is 1. The number of halogens is 1. The lowest BCUT2D eigenvalue weighted by Gasteiger charge is -2.20. The Balaban J connectivity index is 0.00000182. The molecular weight excluding hydrogens is 336 g/mol. The van der Waals surface area contributed by atoms with E-state index in [1.54, 1.807) is 0 Å². The van der Waals surface area contributed by atoms with E-state index < -0.39 is 6.10 Å². The summed E-state index contributed by atoms with van der Waals surface area (Å²) in [5, 5.41) is 0. The van der Waals surface area contributed by atoms with Crippen LogP contribution in [0, 0.1) is 5.92 Å². The average molecular weight is 359 g/mol. The number of fused-ring (bicyclic) bond motifs is 1. The van der Waals surface area contributed by atoms with Gasteiger partial charge in [0.05, 0.1) is 0 Å². The van der Waals surface area contributed by atoms with Gasteiger partial charge in [0.25, 0.3) is 5.91 Å². The third kappa shape index (κ3) is 3.37. The highest BCUT2D eigenvalue weighted by molar-refractivity contribution is 5.85. The van der Waals surface area contributed by atoms with E-state index in [0.717, 1.165) is 17.9 Å². The summed E-state index contributed by atoms with van der Waals surface area (Å²) < 4.78 is 5.87. The van der Waals surface area contributed by atoms with Crippen molar-refractivity contribution in [3.8, 4) is 5.75 Å². The Morgan fingerprint density at radius 1 is 1.08 bits per heavy atom. The summed E-state index contributed by atoms with van der Waals surface area (Å²) in [7, 11) is 0. The van der Waals surface area contributed by atoms with Crippen LogP contribution < -0.4 is 10.5 Å². The topological polar surface area (TPSA) is 55.6 Å². The molecule has 2 aromatic rings. The van der Waals surface area contributed by atoms with Gasteiger partial charge in [0.15, 0.2) is 6.10 Å². The first-order valence-electron chi connectivity index (χ1n) is 8.54. The summed E-state index contributed by atoms with van der Waals surface area (Å²) in [6.45, 7) is 2.03. The summed E-state index contributed by atoms with van der Waals surface area (Å²) in [5.41, 5.74) is 8.36. The van der Waals surface area contributed by atoms with Crippen LogP contribution in [-0.4, -0.2) is 36.5 Å². The Morgan fingerprint density at radius 3 is 2.52 bits per heavy atom. The van der Waals surface area contributed by atoms with Gasteiger partial charge in [0.1, 0.15) is 5.75 Å². The van der Waals surface area contributed by atoms with Gasteiger partial charge in [-0.15, -0.1) is 12.4 Å². The zero-order valence-corrected chi connectivity index (χ0v) is 14.8. The Kier molecular flexibility index (Phi) is 5.30. The number of nitrogens with zero attached hydrogens (tertiary/aromatic N) is 1. The number of ether oxygens (including phenoxy) is 1. The number of nitrogens with two attached hydrogens (primary N) is 1. The largest absolute Gasteiger partial charge is 0.480 e. The maximum Gasteiger partial charge on any atom is 0.264 e. The van der Waals surface area contributed by atoms with E-state index in [9.17, 15) is 4.79 Å². The number of rotatable bonds is 3. The molecule has 0 radical (unpaired) electrons. The normalized spacial score (nSPS) is 24.4. The zero-order valence-electron chi connectivity index (χ0n) is 14.0. The van der Waals surface area contributed by atoms with Gasteiger partial charge in [-0.25, -0.2) is 0 Å². The van der Waals surface area contributed by atoms with Gasteiger partial charge in [0, 0.05) is 25.4 Å². The number of hydrogen-bond acceptors (Lipinski definition) is 3. The highest BCUT2D eigenvalue weighted by Gasteiger charge is 2.39. The average Bonchev–Trinajstić information content (AvgIpc) is 3.26. The monoisotopic (exact) mass is 358 g/mol. The Morgan fingerprint density at radius 2 is 1.80 bits per heavy atom. The van der Waals surface area contributed by atoms with Crippen LogP contribution in [-0.2, 0) is 11.2 Å². The van der Waals surface area contributed by atoms with Crippen LogP contribution in [0.4, 0.5) is 0 Å². The first kappa shape index (κ1) is 17.8. The molecule has 25 heavy (non-hydrogen) atoms. The van der Waals surface area contributed by atoms with Crippen LogP contribution in [0.5, 0.6) is 5.75 Å². The predicted octanol–water partition coefficient (Wildman–Crippen LogP) is 2.61. The maximum atomic E-state index is 12.9. The Hall–Kier alpha value is -2.04. The molecule has 1 saturated heterocycles. The van der Waals surface area contributed by atoms with Crippen molar-refractivity contribution in [3.05, 3.63) is 65.7 Å². The molecule has 2 aromatic carbocycles. The summed E-state index contributed by atoms with van der Waals surface area (Å²) >= 11 is 0. The molecule has 2 aliphatic heterocycles. The molecule has 0 saturated carbocycles. The molecule has 4 rings (SSSR count). The van der Waals surface area contributed by atoms with E-state index in [-0.39, 0.29) is 18.3 Å². The van der Waals surface area contributed by atoms with Crippen LogP contribution in [0.15, 0.2) is 54.6 Å². The number of para-hydroxylation sites is 1. The molecule has 4 nitrogen and oxygen atoms in total. The van der Waals surface area contributed by atoms with Gasteiger partial charge in [0.2, 0.25) is 0 Å². The smallest absolute Gasteiger partial charge is 0.264 e. The quantitative estimate of drug-likeness (QED) is 0.917. The molecule has 0 spiro atoms. The summed E-state index contributed by atoms with van der Waals surface area (Å²) in [4.78, 5) is 14.9. The third-order valence-corrected chi connectivity index (χ3v) is 5.21. The zero-order chi connectivity index (χ0) is 16.5. The second-order valence-corrected chi connectivity index (χ2v) is 6.67. The van der Waals surface area contributed by atoms with Crippen molar-refractivity contribution < 1.29 is 9.53 Å². The molecule has 0 aliphatic carbocycles. The van der Waals surface area contributed by atoms with Crippen molar-refractivity contribution in [2.75, 3.05) is 19.6 Å². The molecule has 0 aromatic heterocycles. The molecule has 2 N–H and O–H groups in total. The van der Waals surface area contributed by atoms with E-state index in [2.05, 4.69) is 12.1 Å². The van der Waals surface area contributed by atoms with Gasteiger partial charge >= 0.3 is 0 Å². The molecule has 1 fully saturated rings. The second-order valence-electron chi connectivity index (χ2n) is 6.67. The van der Waals surface area contributed by atoms with Gasteiger partial charge in [-0.3, -0.25) is 4.79 Å². The minimum absolute atomic E-state index is 0. The first-order chi connectivity index (χ1) is 11.8. The summed E-state index contributed by atoms with van der Waals surface area (Å²) in [6, 6.07) is 18.3. The summed E-state index contributed by atoms with van der Waals surface area (Å²) in [6.07, 6.45) is 0.268. The number of carbonyl (C=O) groups excluding carboxylic acids is 1. The SMILES string of the molecule is Cl.NC[C@@H]1CN(C(=O)C2Cc3ccccc3O2)C[C@H]1c1ccccc1. The highest BCUT2D eigenvalue weighted by atomic mass is 35.5. The second kappa shape index (κ2) is 7.46. The van der Waals surface area contributed by atoms with Crippen LogP contribution in [0.3, 0.4) is 0 Å². The fraction of sp³-hybridized carbons (Fsp3) is 0.350.